The lowest BCUT2D eigenvalue weighted by atomic mass is 10.1. The minimum Gasteiger partial charge on any atom is -0.477 e. The van der Waals surface area contributed by atoms with Crippen molar-refractivity contribution in [2.45, 2.75) is 33.6 Å². The van der Waals surface area contributed by atoms with Crippen molar-refractivity contribution in [3.8, 4) is 0 Å². The van der Waals surface area contributed by atoms with Crippen molar-refractivity contribution in [3.05, 3.63) is 0 Å². The topological polar surface area (TPSA) is 61.7 Å². The molecule has 0 saturated carbocycles. The Bertz CT molecular complexity index is 188. The zero-order valence-electron chi connectivity index (χ0n) is 8.50. The number of hydrogen-bond donors (Lipinski definition) is 2. The van der Waals surface area contributed by atoms with E-state index in [9.17, 15) is 4.79 Å². The smallest absolute Gasteiger partial charge is 0.351 e. The molecule has 0 rings (SSSR count). The molecule has 0 unspecified atom stereocenters. The first kappa shape index (κ1) is 11.9. The summed E-state index contributed by atoms with van der Waals surface area (Å²) in [4.78, 5) is 10.3. The van der Waals surface area contributed by atoms with Crippen LogP contribution in [-0.2, 0) is 4.79 Å². The lowest BCUT2D eigenvalue weighted by Gasteiger charge is -2.03. The molecular weight excluding hydrogens is 168 g/mol. The van der Waals surface area contributed by atoms with Crippen LogP contribution in [0.3, 0.4) is 0 Å². The third-order valence-electron chi connectivity index (χ3n) is 1.63. The lowest BCUT2D eigenvalue weighted by Crippen LogP contribution is -2.16. The van der Waals surface area contributed by atoms with Crippen molar-refractivity contribution in [2.24, 2.45) is 11.0 Å². The molecule has 0 aliphatic carbocycles. The van der Waals surface area contributed by atoms with Gasteiger partial charge < -0.3 is 10.5 Å². The van der Waals surface area contributed by atoms with Crippen LogP contribution in [0.4, 0.5) is 0 Å². The Kier molecular flexibility index (Phi) is 5.93. The molecule has 0 bridgehead atoms. The van der Waals surface area contributed by atoms with E-state index < -0.39 is 5.97 Å². The highest BCUT2D eigenvalue weighted by Crippen LogP contribution is 2.01. The molecule has 0 spiro atoms. The molecule has 0 aliphatic heterocycles. The summed E-state index contributed by atoms with van der Waals surface area (Å²) in [6.07, 6.45) is 2.16. The normalized spacial score (nSPS) is 11.8. The molecule has 2 N–H and O–H groups in total. The SMILES string of the molecule is CC(=NNCCCC(C)C)C(=O)O. The van der Waals surface area contributed by atoms with Gasteiger partial charge in [-0.15, -0.1) is 0 Å². The van der Waals surface area contributed by atoms with E-state index in [0.717, 1.165) is 19.4 Å². The second-order valence-corrected chi connectivity index (χ2v) is 3.45. The highest BCUT2D eigenvalue weighted by molar-refractivity contribution is 6.34. The third kappa shape index (κ3) is 7.31. The fraction of sp³-hybridized carbons (Fsp3) is 0.778. The number of rotatable bonds is 6. The Morgan fingerprint density at radius 1 is 1.54 bits per heavy atom. The van der Waals surface area contributed by atoms with Crippen LogP contribution in [0.25, 0.3) is 0 Å². The van der Waals surface area contributed by atoms with E-state index in [0.29, 0.717) is 5.92 Å². The molecule has 4 heteroatoms. The van der Waals surface area contributed by atoms with Gasteiger partial charge in [0.15, 0.2) is 0 Å². The average Bonchev–Trinajstić information content (AvgIpc) is 2.02. The summed E-state index contributed by atoms with van der Waals surface area (Å²) in [5.41, 5.74) is 2.83. The molecule has 0 fully saturated rings. The second kappa shape index (κ2) is 6.46. The molecule has 0 radical (unpaired) electrons. The summed E-state index contributed by atoms with van der Waals surface area (Å²) in [6, 6.07) is 0. The van der Waals surface area contributed by atoms with Crippen LogP contribution in [0.2, 0.25) is 0 Å². The number of hydrogen-bond acceptors (Lipinski definition) is 3. The molecule has 4 nitrogen and oxygen atoms in total. The minimum atomic E-state index is -0.976. The van der Waals surface area contributed by atoms with Gasteiger partial charge in [-0.3, -0.25) is 0 Å². The molecule has 0 heterocycles. The van der Waals surface area contributed by atoms with Gasteiger partial charge >= 0.3 is 5.97 Å². The van der Waals surface area contributed by atoms with Crippen molar-refractivity contribution < 1.29 is 9.90 Å². The van der Waals surface area contributed by atoms with Gasteiger partial charge in [-0.2, -0.15) is 5.10 Å². The van der Waals surface area contributed by atoms with E-state index in [1.807, 2.05) is 0 Å². The Morgan fingerprint density at radius 3 is 2.62 bits per heavy atom. The standard InChI is InChI=1S/C9H18N2O2/c1-7(2)5-4-6-10-11-8(3)9(12)13/h7,10H,4-6H2,1-3H3,(H,12,13). The van der Waals surface area contributed by atoms with E-state index in [1.165, 1.54) is 6.92 Å². The van der Waals surface area contributed by atoms with Crippen molar-refractivity contribution in [2.75, 3.05) is 6.54 Å². The number of nitrogens with one attached hydrogen (secondary N) is 1. The number of aliphatic carboxylic acids is 1. The summed E-state index contributed by atoms with van der Waals surface area (Å²) in [7, 11) is 0. The van der Waals surface area contributed by atoms with Gasteiger partial charge in [0.25, 0.3) is 0 Å². The van der Waals surface area contributed by atoms with Crippen LogP contribution in [0.1, 0.15) is 33.6 Å². The monoisotopic (exact) mass is 186 g/mol. The number of carboxylic acid groups (broad SMARTS) is 1. The molecule has 0 aromatic heterocycles. The molecule has 0 saturated heterocycles. The quantitative estimate of drug-likeness (QED) is 0.375. The van der Waals surface area contributed by atoms with E-state index in [2.05, 4.69) is 24.4 Å². The van der Waals surface area contributed by atoms with Crippen LogP contribution in [0.15, 0.2) is 5.10 Å². The number of carbonyl (C=O) groups is 1. The molecular formula is C9H18N2O2. The van der Waals surface area contributed by atoms with Gasteiger partial charge in [0.05, 0.1) is 0 Å². The van der Waals surface area contributed by atoms with E-state index in [-0.39, 0.29) is 5.71 Å². The minimum absolute atomic E-state index is 0.101. The van der Waals surface area contributed by atoms with Crippen LogP contribution in [0, 0.1) is 5.92 Å². The predicted molar refractivity (Wildman–Crippen MR) is 52.8 cm³/mol. The van der Waals surface area contributed by atoms with E-state index in [4.69, 9.17) is 5.11 Å². The highest BCUT2D eigenvalue weighted by atomic mass is 16.4. The van der Waals surface area contributed by atoms with Crippen LogP contribution in [-0.4, -0.2) is 23.3 Å². The van der Waals surface area contributed by atoms with E-state index in [1.54, 1.807) is 0 Å². The molecule has 13 heavy (non-hydrogen) atoms. The maximum Gasteiger partial charge on any atom is 0.351 e. The molecule has 0 aromatic rings. The Balaban J connectivity index is 3.45. The van der Waals surface area contributed by atoms with Crippen LogP contribution < -0.4 is 5.43 Å². The Hall–Kier alpha value is -1.06. The highest BCUT2D eigenvalue weighted by Gasteiger charge is 1.99. The summed E-state index contributed by atoms with van der Waals surface area (Å²) in [5.74, 6) is -0.289. The van der Waals surface area contributed by atoms with Gasteiger partial charge in [0, 0.05) is 6.54 Å². The fourth-order valence-corrected chi connectivity index (χ4v) is 0.812. The van der Waals surface area contributed by atoms with Crippen molar-refractivity contribution >= 4 is 11.7 Å². The van der Waals surface area contributed by atoms with Gasteiger partial charge in [0.1, 0.15) is 5.71 Å². The summed E-state index contributed by atoms with van der Waals surface area (Å²) in [5, 5.41) is 12.1. The van der Waals surface area contributed by atoms with Crippen LogP contribution >= 0.6 is 0 Å². The molecule has 0 aliphatic rings. The summed E-state index contributed by atoms with van der Waals surface area (Å²) >= 11 is 0. The Morgan fingerprint density at radius 2 is 2.15 bits per heavy atom. The maximum atomic E-state index is 10.3. The van der Waals surface area contributed by atoms with Crippen LogP contribution in [0.5, 0.6) is 0 Å². The van der Waals surface area contributed by atoms with Crippen molar-refractivity contribution in [3.63, 3.8) is 0 Å². The summed E-state index contributed by atoms with van der Waals surface area (Å²) in [6.45, 7) is 6.53. The van der Waals surface area contributed by atoms with Crippen molar-refractivity contribution in [1.82, 2.24) is 5.43 Å². The largest absolute Gasteiger partial charge is 0.477 e. The molecule has 0 atom stereocenters. The first-order valence-corrected chi connectivity index (χ1v) is 4.54. The van der Waals surface area contributed by atoms with Gasteiger partial charge in [-0.25, -0.2) is 4.79 Å². The first-order valence-electron chi connectivity index (χ1n) is 4.54. The lowest BCUT2D eigenvalue weighted by molar-refractivity contribution is -0.129. The number of carboxylic acids is 1. The fourth-order valence-electron chi connectivity index (χ4n) is 0.812. The van der Waals surface area contributed by atoms with E-state index >= 15 is 0 Å². The van der Waals surface area contributed by atoms with Crippen molar-refractivity contribution in [1.29, 1.82) is 0 Å². The van der Waals surface area contributed by atoms with Gasteiger partial charge in [0.2, 0.25) is 0 Å². The number of hydrazone groups is 1. The summed E-state index contributed by atoms with van der Waals surface area (Å²) < 4.78 is 0. The first-order chi connectivity index (χ1) is 6.04. The molecule has 0 amide bonds. The van der Waals surface area contributed by atoms with Gasteiger partial charge in [-0.05, 0) is 25.7 Å². The van der Waals surface area contributed by atoms with Gasteiger partial charge in [-0.1, -0.05) is 13.8 Å². The molecule has 0 aromatic carbocycles. The number of nitrogens with zero attached hydrogens (tertiary/aromatic N) is 1. The molecule has 76 valence electrons. The maximum absolute atomic E-state index is 10.3. The average molecular weight is 186 g/mol. The second-order valence-electron chi connectivity index (χ2n) is 3.45. The zero-order chi connectivity index (χ0) is 10.3. The third-order valence-corrected chi connectivity index (χ3v) is 1.63. The Labute approximate surface area is 79.0 Å². The zero-order valence-corrected chi connectivity index (χ0v) is 8.50. The predicted octanol–water partition coefficient (Wildman–Crippen LogP) is 1.47.